The van der Waals surface area contributed by atoms with Crippen LogP contribution < -0.4 is 5.32 Å². The number of rotatable bonds is 4. The highest BCUT2D eigenvalue weighted by atomic mass is 32.2. The lowest BCUT2D eigenvalue weighted by Gasteiger charge is -2.12. The maximum atomic E-state index is 11.3. The van der Waals surface area contributed by atoms with Gasteiger partial charge in [-0.25, -0.2) is 0 Å². The van der Waals surface area contributed by atoms with Crippen LogP contribution in [0.25, 0.3) is 0 Å². The Balaban J connectivity index is 2.60. The van der Waals surface area contributed by atoms with Gasteiger partial charge >= 0.3 is 0 Å². The molecule has 0 aliphatic rings. The van der Waals surface area contributed by atoms with Crippen molar-refractivity contribution in [3.8, 4) is 0 Å². The fraction of sp³-hybridized carbons (Fsp3) is 0.250. The van der Waals surface area contributed by atoms with Gasteiger partial charge in [0.2, 0.25) is 5.91 Å². The largest absolute Gasteiger partial charge is 0.355 e. The zero-order valence-corrected chi connectivity index (χ0v) is 9.80. The summed E-state index contributed by atoms with van der Waals surface area (Å²) in [6.07, 6.45) is 0. The predicted octanol–water partition coefficient (Wildman–Crippen LogP) is 2.47. The topological polar surface area (TPSA) is 29.1 Å². The highest BCUT2D eigenvalue weighted by molar-refractivity contribution is 8.00. The van der Waals surface area contributed by atoms with Gasteiger partial charge in [-0.05, 0) is 19.1 Å². The summed E-state index contributed by atoms with van der Waals surface area (Å²) >= 11 is 1.63. The third-order valence-corrected chi connectivity index (χ3v) is 3.25. The van der Waals surface area contributed by atoms with Crippen molar-refractivity contribution in [3.63, 3.8) is 0 Å². The van der Waals surface area contributed by atoms with Crippen molar-refractivity contribution in [3.05, 3.63) is 42.5 Å². The number of amides is 1. The van der Waals surface area contributed by atoms with Gasteiger partial charge < -0.3 is 5.32 Å². The Labute approximate surface area is 94.8 Å². The molecule has 0 radical (unpaired) electrons. The molecule has 1 atom stereocenters. The molecule has 0 saturated carbocycles. The minimum Gasteiger partial charge on any atom is -0.355 e. The highest BCUT2D eigenvalue weighted by Crippen LogP contribution is 2.26. The minimum absolute atomic E-state index is 0.0901. The average Bonchev–Trinajstić information content (AvgIpc) is 2.28. The lowest BCUT2D eigenvalue weighted by molar-refractivity contribution is -0.117. The maximum Gasteiger partial charge on any atom is 0.247 e. The summed E-state index contributed by atoms with van der Waals surface area (Å²) in [5.74, 6) is -0.0917. The molecule has 1 aromatic carbocycles. The molecule has 80 valence electrons. The Kier molecular flexibility index (Phi) is 4.43. The van der Waals surface area contributed by atoms with Gasteiger partial charge in [0.15, 0.2) is 0 Å². The van der Waals surface area contributed by atoms with E-state index in [1.807, 2.05) is 37.3 Å². The average molecular weight is 221 g/mol. The highest BCUT2D eigenvalue weighted by Gasteiger charge is 2.14. The first-order chi connectivity index (χ1) is 7.15. The summed E-state index contributed by atoms with van der Waals surface area (Å²) in [6.45, 7) is 5.77. The molecule has 0 heterocycles. The maximum absolute atomic E-state index is 11.3. The number of carbonyl (C=O) groups is 1. The first-order valence-corrected chi connectivity index (χ1v) is 5.65. The zero-order valence-electron chi connectivity index (χ0n) is 8.99. The van der Waals surface area contributed by atoms with E-state index in [2.05, 4.69) is 11.9 Å². The number of hydrogen-bond acceptors (Lipinski definition) is 2. The molecule has 15 heavy (non-hydrogen) atoms. The number of likely N-dealkylation sites (N-methyl/N-ethyl adjacent to an activating group) is 1. The molecule has 0 saturated heterocycles. The van der Waals surface area contributed by atoms with Crippen molar-refractivity contribution in [1.29, 1.82) is 0 Å². The molecule has 0 aliphatic carbocycles. The van der Waals surface area contributed by atoms with Crippen LogP contribution in [0.1, 0.15) is 6.92 Å². The van der Waals surface area contributed by atoms with Crippen LogP contribution in [0, 0.1) is 0 Å². The third kappa shape index (κ3) is 3.44. The van der Waals surface area contributed by atoms with Crippen LogP contribution in [0.15, 0.2) is 47.4 Å². The van der Waals surface area contributed by atoms with E-state index < -0.39 is 0 Å². The SMILES string of the molecule is C=C(C(=O)NC)C(C)Sc1ccccc1. The minimum atomic E-state index is -0.0917. The Hall–Kier alpha value is -1.22. The van der Waals surface area contributed by atoms with Crippen molar-refractivity contribution in [1.82, 2.24) is 5.32 Å². The summed E-state index contributed by atoms with van der Waals surface area (Å²) in [5, 5.41) is 2.67. The number of nitrogens with one attached hydrogen (secondary N) is 1. The normalized spacial score (nSPS) is 11.9. The molecule has 3 heteroatoms. The number of thioether (sulfide) groups is 1. The van der Waals surface area contributed by atoms with Gasteiger partial charge in [0.1, 0.15) is 0 Å². The second-order valence-corrected chi connectivity index (χ2v) is 4.59. The van der Waals surface area contributed by atoms with Crippen LogP contribution in [0.3, 0.4) is 0 Å². The first-order valence-electron chi connectivity index (χ1n) is 4.77. The summed E-state index contributed by atoms with van der Waals surface area (Å²) in [5.41, 5.74) is 0.603. The Morgan fingerprint density at radius 1 is 1.40 bits per heavy atom. The molecule has 2 nitrogen and oxygen atoms in total. The molecule has 1 unspecified atom stereocenters. The van der Waals surface area contributed by atoms with Crippen molar-refractivity contribution < 1.29 is 4.79 Å². The van der Waals surface area contributed by atoms with Gasteiger partial charge in [-0.3, -0.25) is 4.79 Å². The van der Waals surface area contributed by atoms with E-state index in [0.29, 0.717) is 5.57 Å². The lowest BCUT2D eigenvalue weighted by Crippen LogP contribution is -2.23. The van der Waals surface area contributed by atoms with Crippen LogP contribution in [0.5, 0.6) is 0 Å². The third-order valence-electron chi connectivity index (χ3n) is 2.07. The fourth-order valence-electron chi connectivity index (χ4n) is 1.12. The molecule has 0 bridgehead atoms. The number of carbonyl (C=O) groups excluding carboxylic acids is 1. The van der Waals surface area contributed by atoms with Crippen LogP contribution in [0.2, 0.25) is 0 Å². The van der Waals surface area contributed by atoms with Crippen molar-refractivity contribution in [2.75, 3.05) is 7.05 Å². The van der Waals surface area contributed by atoms with Gasteiger partial charge in [0.05, 0.1) is 0 Å². The van der Waals surface area contributed by atoms with E-state index in [4.69, 9.17) is 0 Å². The summed E-state index contributed by atoms with van der Waals surface area (Å²) in [4.78, 5) is 12.5. The van der Waals surface area contributed by atoms with Crippen molar-refractivity contribution >= 4 is 17.7 Å². The van der Waals surface area contributed by atoms with Crippen LogP contribution in [-0.2, 0) is 4.79 Å². The quantitative estimate of drug-likeness (QED) is 0.625. The van der Waals surface area contributed by atoms with E-state index in [1.54, 1.807) is 18.8 Å². The smallest absolute Gasteiger partial charge is 0.247 e. The lowest BCUT2D eigenvalue weighted by atomic mass is 10.2. The van der Waals surface area contributed by atoms with Gasteiger partial charge in [-0.15, -0.1) is 11.8 Å². The van der Waals surface area contributed by atoms with Gasteiger partial charge in [-0.1, -0.05) is 24.8 Å². The van der Waals surface area contributed by atoms with Crippen molar-refractivity contribution in [2.45, 2.75) is 17.1 Å². The second kappa shape index (κ2) is 5.61. The second-order valence-electron chi connectivity index (χ2n) is 3.18. The molecular weight excluding hydrogens is 206 g/mol. The van der Waals surface area contributed by atoms with Gasteiger partial charge in [0.25, 0.3) is 0 Å². The van der Waals surface area contributed by atoms with E-state index >= 15 is 0 Å². The Bertz CT molecular complexity index is 348. The molecule has 1 N–H and O–H groups in total. The van der Waals surface area contributed by atoms with Crippen molar-refractivity contribution in [2.24, 2.45) is 0 Å². The molecule has 0 aliphatic heterocycles. The van der Waals surface area contributed by atoms with Crippen LogP contribution >= 0.6 is 11.8 Å². The van der Waals surface area contributed by atoms with Crippen LogP contribution in [-0.4, -0.2) is 18.2 Å². The monoisotopic (exact) mass is 221 g/mol. The fourth-order valence-corrected chi connectivity index (χ4v) is 2.09. The molecule has 1 amide bonds. The van der Waals surface area contributed by atoms with Crippen LogP contribution in [0.4, 0.5) is 0 Å². The number of hydrogen-bond donors (Lipinski definition) is 1. The Morgan fingerprint density at radius 2 is 2.00 bits per heavy atom. The van der Waals surface area contributed by atoms with Gasteiger partial charge in [-0.2, -0.15) is 0 Å². The first kappa shape index (κ1) is 11.9. The Morgan fingerprint density at radius 3 is 2.53 bits per heavy atom. The molecule has 0 fully saturated rings. The molecule has 1 aromatic rings. The molecule has 0 spiro atoms. The number of benzene rings is 1. The van der Waals surface area contributed by atoms with E-state index in [-0.39, 0.29) is 11.2 Å². The molecule has 1 rings (SSSR count). The summed E-state index contributed by atoms with van der Waals surface area (Å²) in [6, 6.07) is 9.99. The standard InChI is InChI=1S/C12H15NOS/c1-9(12(14)13-3)10(2)15-11-7-5-4-6-8-11/h4-8,10H,1H2,2-3H3,(H,13,14). The molecular formula is C12H15NOS. The summed E-state index contributed by atoms with van der Waals surface area (Å²) < 4.78 is 0. The molecule has 0 aromatic heterocycles. The zero-order chi connectivity index (χ0) is 11.3. The van der Waals surface area contributed by atoms with E-state index in [1.165, 1.54) is 0 Å². The van der Waals surface area contributed by atoms with E-state index in [9.17, 15) is 4.79 Å². The summed E-state index contributed by atoms with van der Waals surface area (Å²) in [7, 11) is 1.62. The van der Waals surface area contributed by atoms with E-state index in [0.717, 1.165) is 4.90 Å². The van der Waals surface area contributed by atoms with Gasteiger partial charge in [0, 0.05) is 22.8 Å². The predicted molar refractivity (Wildman–Crippen MR) is 65.0 cm³/mol.